The molecule has 3 N–H and O–H groups in total. The van der Waals surface area contributed by atoms with E-state index in [0.29, 0.717) is 50.0 Å². The van der Waals surface area contributed by atoms with Gasteiger partial charge in [0.1, 0.15) is 17.2 Å². The van der Waals surface area contributed by atoms with Crippen LogP contribution in [-0.2, 0) is 13.1 Å². The molecule has 6 nitrogen and oxygen atoms in total. The van der Waals surface area contributed by atoms with E-state index in [1.165, 1.54) is 6.07 Å². The lowest BCUT2D eigenvalue weighted by Crippen LogP contribution is -2.28. The second-order valence-electron chi connectivity index (χ2n) is 8.77. The number of anilines is 1. The van der Waals surface area contributed by atoms with Gasteiger partial charge in [-0.25, -0.2) is 14.4 Å². The van der Waals surface area contributed by atoms with Gasteiger partial charge in [-0.2, -0.15) is 4.98 Å². The minimum Gasteiger partial charge on any atom is -0.350 e. The van der Waals surface area contributed by atoms with Crippen LogP contribution in [0.1, 0.15) is 31.2 Å². The van der Waals surface area contributed by atoms with Crippen molar-refractivity contribution in [2.75, 3.05) is 5.32 Å². The Morgan fingerprint density at radius 3 is 2.47 bits per heavy atom. The van der Waals surface area contributed by atoms with E-state index in [0.717, 1.165) is 32.2 Å². The van der Waals surface area contributed by atoms with Crippen molar-refractivity contribution >= 4 is 40.3 Å². The summed E-state index contributed by atoms with van der Waals surface area (Å²) in [4.78, 5) is 14.0. The van der Waals surface area contributed by atoms with Gasteiger partial charge in [0.25, 0.3) is 0 Å². The van der Waals surface area contributed by atoms with Crippen LogP contribution in [0.4, 0.5) is 10.3 Å². The molecule has 34 heavy (non-hydrogen) atoms. The fraction of sp³-hybridized carbons (Fsp3) is 0.320. The molecule has 2 heterocycles. The van der Waals surface area contributed by atoms with E-state index in [1.54, 1.807) is 36.5 Å². The first-order valence-electron chi connectivity index (χ1n) is 11.4. The number of halogens is 3. The summed E-state index contributed by atoms with van der Waals surface area (Å²) in [6.07, 6.45) is 5.77. The van der Waals surface area contributed by atoms with E-state index in [-0.39, 0.29) is 18.4 Å². The SMILES string of the molecule is NC1CCC(Cn2c(-c3c(Cl)cccc3Cl)nc3cnc(NCc4ccccc4F)nc32)CC1. The Morgan fingerprint density at radius 1 is 1.00 bits per heavy atom. The Morgan fingerprint density at radius 2 is 1.74 bits per heavy atom. The fourth-order valence-corrected chi connectivity index (χ4v) is 5.09. The highest BCUT2D eigenvalue weighted by molar-refractivity contribution is 6.39. The van der Waals surface area contributed by atoms with Gasteiger partial charge in [0, 0.05) is 24.7 Å². The molecule has 2 aromatic heterocycles. The van der Waals surface area contributed by atoms with Crippen molar-refractivity contribution in [1.29, 1.82) is 0 Å². The molecule has 0 amide bonds. The molecule has 4 aromatic rings. The molecule has 0 aliphatic heterocycles. The predicted octanol–water partition coefficient (Wildman–Crippen LogP) is 6.07. The van der Waals surface area contributed by atoms with Crippen LogP contribution in [0.2, 0.25) is 10.0 Å². The maximum atomic E-state index is 14.0. The summed E-state index contributed by atoms with van der Waals surface area (Å²) in [6.45, 7) is 1.000. The van der Waals surface area contributed by atoms with E-state index in [1.807, 2.05) is 6.07 Å². The second-order valence-corrected chi connectivity index (χ2v) is 9.59. The zero-order chi connectivity index (χ0) is 23.7. The summed E-state index contributed by atoms with van der Waals surface area (Å²) in [5.74, 6) is 1.25. The van der Waals surface area contributed by atoms with Gasteiger partial charge in [0.2, 0.25) is 5.95 Å². The second kappa shape index (κ2) is 9.86. The first-order valence-corrected chi connectivity index (χ1v) is 12.2. The van der Waals surface area contributed by atoms with E-state index in [9.17, 15) is 4.39 Å². The van der Waals surface area contributed by atoms with Crippen molar-refractivity contribution in [3.05, 3.63) is 70.1 Å². The number of imidazole rings is 1. The molecule has 0 atom stereocenters. The van der Waals surface area contributed by atoms with Crippen molar-refractivity contribution in [3.8, 4) is 11.4 Å². The average Bonchev–Trinajstić information content (AvgIpc) is 3.17. The molecule has 176 valence electrons. The van der Waals surface area contributed by atoms with Crippen molar-refractivity contribution in [3.63, 3.8) is 0 Å². The number of hydrogen-bond acceptors (Lipinski definition) is 5. The Hall–Kier alpha value is -2.74. The number of hydrogen-bond donors (Lipinski definition) is 2. The lowest BCUT2D eigenvalue weighted by atomic mass is 9.86. The fourth-order valence-electron chi connectivity index (χ4n) is 4.52. The highest BCUT2D eigenvalue weighted by atomic mass is 35.5. The summed E-state index contributed by atoms with van der Waals surface area (Å²) in [7, 11) is 0. The molecular formula is C25H25Cl2FN6. The van der Waals surface area contributed by atoms with E-state index >= 15 is 0 Å². The number of rotatable bonds is 6. The number of nitrogens with one attached hydrogen (secondary N) is 1. The molecule has 0 unspecified atom stereocenters. The van der Waals surface area contributed by atoms with Gasteiger partial charge in [0.05, 0.1) is 21.8 Å². The van der Waals surface area contributed by atoms with Gasteiger partial charge in [-0.15, -0.1) is 0 Å². The molecule has 5 rings (SSSR count). The number of nitrogens with two attached hydrogens (primary N) is 1. The summed E-state index contributed by atoms with van der Waals surface area (Å²) < 4.78 is 16.1. The Bertz CT molecular complexity index is 1300. The standard InChI is InChI=1S/C25H25Cl2FN6/c26-18-5-3-6-19(27)22(18)24-32-21-13-31-25(30-12-16-4-1-2-7-20(16)28)33-23(21)34(24)14-15-8-10-17(29)11-9-15/h1-7,13,15,17H,8-12,14,29H2,(H,30,31,33). The molecule has 1 saturated carbocycles. The zero-order valence-electron chi connectivity index (χ0n) is 18.5. The highest BCUT2D eigenvalue weighted by Crippen LogP contribution is 2.37. The van der Waals surface area contributed by atoms with Gasteiger partial charge in [-0.3, -0.25) is 0 Å². The Labute approximate surface area is 207 Å². The van der Waals surface area contributed by atoms with Crippen LogP contribution in [0.5, 0.6) is 0 Å². The van der Waals surface area contributed by atoms with Crippen LogP contribution in [0.25, 0.3) is 22.6 Å². The Balaban J connectivity index is 1.53. The van der Waals surface area contributed by atoms with Crippen molar-refractivity contribution < 1.29 is 4.39 Å². The third kappa shape index (κ3) is 4.73. The maximum Gasteiger partial charge on any atom is 0.225 e. The molecule has 0 saturated heterocycles. The molecule has 0 bridgehead atoms. The summed E-state index contributed by atoms with van der Waals surface area (Å²) in [5, 5.41) is 4.19. The van der Waals surface area contributed by atoms with Crippen molar-refractivity contribution in [2.45, 2.75) is 44.8 Å². The van der Waals surface area contributed by atoms with Gasteiger partial charge < -0.3 is 15.6 Å². The van der Waals surface area contributed by atoms with E-state index in [2.05, 4.69) is 14.9 Å². The first-order chi connectivity index (χ1) is 16.5. The topological polar surface area (TPSA) is 81.7 Å². The van der Waals surface area contributed by atoms with Crippen LogP contribution in [0, 0.1) is 11.7 Å². The number of aromatic nitrogens is 4. The number of benzene rings is 2. The number of fused-ring (bicyclic) bond motifs is 1. The molecular weight excluding hydrogens is 474 g/mol. The van der Waals surface area contributed by atoms with E-state index in [4.69, 9.17) is 38.9 Å². The van der Waals surface area contributed by atoms with E-state index < -0.39 is 0 Å². The molecule has 1 fully saturated rings. The van der Waals surface area contributed by atoms with Gasteiger partial charge >= 0.3 is 0 Å². The first kappa shape index (κ1) is 23.0. The third-order valence-electron chi connectivity index (χ3n) is 6.40. The summed E-state index contributed by atoms with van der Waals surface area (Å²) >= 11 is 13.1. The molecule has 9 heteroatoms. The molecule has 2 aromatic carbocycles. The normalized spacial score (nSPS) is 18.4. The highest BCUT2D eigenvalue weighted by Gasteiger charge is 2.24. The lowest BCUT2D eigenvalue weighted by molar-refractivity contribution is 0.297. The maximum absolute atomic E-state index is 14.0. The largest absolute Gasteiger partial charge is 0.350 e. The minimum absolute atomic E-state index is 0.268. The molecule has 0 radical (unpaired) electrons. The van der Waals surface area contributed by atoms with Crippen LogP contribution >= 0.6 is 23.2 Å². The molecule has 1 aliphatic carbocycles. The van der Waals surface area contributed by atoms with Gasteiger partial charge in [-0.05, 0) is 49.8 Å². The quantitative estimate of drug-likeness (QED) is 0.337. The third-order valence-corrected chi connectivity index (χ3v) is 7.03. The smallest absolute Gasteiger partial charge is 0.225 e. The van der Waals surface area contributed by atoms with Gasteiger partial charge in [-0.1, -0.05) is 47.5 Å². The van der Waals surface area contributed by atoms with Crippen LogP contribution in [0.3, 0.4) is 0 Å². The van der Waals surface area contributed by atoms with Crippen molar-refractivity contribution in [1.82, 2.24) is 19.5 Å². The predicted molar refractivity (Wildman–Crippen MR) is 134 cm³/mol. The summed E-state index contributed by atoms with van der Waals surface area (Å²) in [5.41, 5.74) is 8.68. The van der Waals surface area contributed by atoms with Crippen molar-refractivity contribution in [2.24, 2.45) is 11.7 Å². The Kier molecular flexibility index (Phi) is 6.68. The summed E-state index contributed by atoms with van der Waals surface area (Å²) in [6, 6.07) is 12.3. The van der Waals surface area contributed by atoms with Gasteiger partial charge in [0.15, 0.2) is 5.65 Å². The average molecular weight is 499 g/mol. The lowest BCUT2D eigenvalue weighted by Gasteiger charge is -2.27. The van der Waals surface area contributed by atoms with Crippen LogP contribution in [0.15, 0.2) is 48.7 Å². The van der Waals surface area contributed by atoms with Crippen LogP contribution in [-0.4, -0.2) is 25.6 Å². The molecule has 0 spiro atoms. The molecule has 1 aliphatic rings. The zero-order valence-corrected chi connectivity index (χ0v) is 20.0. The number of nitrogens with zero attached hydrogens (tertiary/aromatic N) is 4. The minimum atomic E-state index is -0.271. The van der Waals surface area contributed by atoms with Crippen LogP contribution < -0.4 is 11.1 Å². The monoisotopic (exact) mass is 498 g/mol.